The molecular formula is C18H17FN6O. The Morgan fingerprint density at radius 3 is 2.38 bits per heavy atom. The smallest absolute Gasteiger partial charge is 0.254 e. The Labute approximate surface area is 149 Å². The zero-order chi connectivity index (χ0) is 17.9. The van der Waals surface area contributed by atoms with Crippen molar-refractivity contribution >= 4 is 11.7 Å². The molecule has 0 N–H and O–H groups in total. The molecule has 1 amide bonds. The molecular weight excluding hydrogens is 335 g/mol. The van der Waals surface area contributed by atoms with E-state index in [1.807, 2.05) is 18.2 Å². The first-order valence-corrected chi connectivity index (χ1v) is 8.34. The normalized spacial score (nSPS) is 14.5. The summed E-state index contributed by atoms with van der Waals surface area (Å²) in [7, 11) is 0. The molecule has 1 fully saturated rings. The number of hydrogen-bond acceptors (Lipinski definition) is 5. The molecule has 26 heavy (non-hydrogen) atoms. The summed E-state index contributed by atoms with van der Waals surface area (Å²) in [5.41, 5.74) is 0.377. The second-order valence-electron chi connectivity index (χ2n) is 5.99. The van der Waals surface area contributed by atoms with Gasteiger partial charge in [0.25, 0.3) is 5.91 Å². The highest BCUT2D eigenvalue weighted by atomic mass is 19.1. The van der Waals surface area contributed by atoms with Gasteiger partial charge in [0.05, 0.1) is 0 Å². The first-order chi connectivity index (χ1) is 12.7. The molecule has 1 aliphatic rings. The average molecular weight is 352 g/mol. The third kappa shape index (κ3) is 3.26. The quantitative estimate of drug-likeness (QED) is 0.719. The van der Waals surface area contributed by atoms with Gasteiger partial charge < -0.3 is 9.80 Å². The summed E-state index contributed by atoms with van der Waals surface area (Å²) in [6.07, 6.45) is 3.49. The van der Waals surface area contributed by atoms with Crippen molar-refractivity contribution in [3.63, 3.8) is 0 Å². The van der Waals surface area contributed by atoms with Gasteiger partial charge in [-0.05, 0) is 36.4 Å². The van der Waals surface area contributed by atoms with Gasteiger partial charge >= 0.3 is 0 Å². The molecule has 0 bridgehead atoms. The van der Waals surface area contributed by atoms with Gasteiger partial charge in [-0.15, -0.1) is 10.2 Å². The molecule has 3 aromatic rings. The van der Waals surface area contributed by atoms with Crippen LogP contribution >= 0.6 is 0 Å². The summed E-state index contributed by atoms with van der Waals surface area (Å²) in [4.78, 5) is 16.3. The summed E-state index contributed by atoms with van der Waals surface area (Å²) < 4.78 is 15.0. The minimum Gasteiger partial charge on any atom is -0.352 e. The first kappa shape index (κ1) is 16.2. The summed E-state index contributed by atoms with van der Waals surface area (Å²) >= 11 is 0. The highest BCUT2D eigenvalue weighted by molar-refractivity contribution is 5.94. The molecule has 8 heteroatoms. The predicted octanol–water partition coefficient (Wildman–Crippen LogP) is 1.76. The van der Waals surface area contributed by atoms with E-state index < -0.39 is 5.82 Å². The number of aromatic nitrogens is 4. The molecule has 2 aromatic heterocycles. The second-order valence-corrected chi connectivity index (χ2v) is 5.99. The van der Waals surface area contributed by atoms with Crippen LogP contribution in [0.15, 0.2) is 54.9 Å². The van der Waals surface area contributed by atoms with Crippen LogP contribution in [0.2, 0.25) is 0 Å². The Morgan fingerprint density at radius 2 is 1.73 bits per heavy atom. The van der Waals surface area contributed by atoms with Crippen LogP contribution in [0.1, 0.15) is 10.4 Å². The summed E-state index contributed by atoms with van der Waals surface area (Å²) in [6, 6.07) is 11.4. The number of piperazine rings is 1. The lowest BCUT2D eigenvalue weighted by Crippen LogP contribution is -2.49. The van der Waals surface area contributed by atoms with Crippen LogP contribution in [0.5, 0.6) is 0 Å². The van der Waals surface area contributed by atoms with E-state index in [0.717, 1.165) is 5.82 Å². The number of amides is 1. The van der Waals surface area contributed by atoms with Gasteiger partial charge in [-0.25, -0.2) is 9.07 Å². The maximum atomic E-state index is 13.3. The molecule has 0 atom stereocenters. The van der Waals surface area contributed by atoms with Gasteiger partial charge in [-0.3, -0.25) is 4.79 Å². The lowest BCUT2D eigenvalue weighted by molar-refractivity contribution is 0.0746. The number of halogens is 1. The Hall–Kier alpha value is -3.29. The van der Waals surface area contributed by atoms with Gasteiger partial charge in [0.15, 0.2) is 11.6 Å². The maximum absolute atomic E-state index is 13.3. The molecule has 0 aliphatic carbocycles. The molecule has 132 valence electrons. The van der Waals surface area contributed by atoms with Crippen molar-refractivity contribution in [3.05, 3.63) is 66.2 Å². The second kappa shape index (κ2) is 6.91. The van der Waals surface area contributed by atoms with E-state index in [2.05, 4.69) is 20.2 Å². The van der Waals surface area contributed by atoms with Gasteiger partial charge in [-0.2, -0.15) is 5.10 Å². The maximum Gasteiger partial charge on any atom is 0.254 e. The molecule has 7 nitrogen and oxygen atoms in total. The largest absolute Gasteiger partial charge is 0.352 e. The monoisotopic (exact) mass is 352 g/mol. The number of benzene rings is 1. The Kier molecular flexibility index (Phi) is 4.30. The third-order valence-corrected chi connectivity index (χ3v) is 4.34. The molecule has 0 spiro atoms. The van der Waals surface area contributed by atoms with Crippen molar-refractivity contribution in [2.45, 2.75) is 0 Å². The minimum absolute atomic E-state index is 0.149. The van der Waals surface area contributed by atoms with Crippen molar-refractivity contribution in [2.75, 3.05) is 31.1 Å². The summed E-state index contributed by atoms with van der Waals surface area (Å²) in [6.45, 7) is 2.41. The number of carbonyl (C=O) groups is 1. The molecule has 0 unspecified atom stereocenters. The highest BCUT2D eigenvalue weighted by Gasteiger charge is 2.23. The van der Waals surface area contributed by atoms with Crippen LogP contribution in [-0.2, 0) is 0 Å². The van der Waals surface area contributed by atoms with Crippen molar-refractivity contribution in [3.8, 4) is 5.82 Å². The van der Waals surface area contributed by atoms with E-state index in [-0.39, 0.29) is 5.91 Å². The van der Waals surface area contributed by atoms with Gasteiger partial charge in [0.2, 0.25) is 0 Å². The Morgan fingerprint density at radius 1 is 0.962 bits per heavy atom. The fourth-order valence-corrected chi connectivity index (χ4v) is 2.96. The van der Waals surface area contributed by atoms with Crippen LogP contribution in [0.3, 0.4) is 0 Å². The van der Waals surface area contributed by atoms with Gasteiger partial charge in [0.1, 0.15) is 5.82 Å². The van der Waals surface area contributed by atoms with Gasteiger partial charge in [0, 0.05) is 44.1 Å². The standard InChI is InChI=1S/C18H17FN6O/c19-15-4-1-3-14(13-15)18(26)24-11-9-23(10-12-24)16-5-6-17(22-21-16)25-8-2-7-20-25/h1-8,13H,9-12H2. The van der Waals surface area contributed by atoms with Crippen molar-refractivity contribution in [2.24, 2.45) is 0 Å². The molecule has 0 radical (unpaired) electrons. The summed E-state index contributed by atoms with van der Waals surface area (Å²) in [5, 5.41) is 12.6. The van der Waals surface area contributed by atoms with E-state index in [4.69, 9.17) is 0 Å². The third-order valence-electron chi connectivity index (χ3n) is 4.34. The SMILES string of the molecule is O=C(c1cccc(F)c1)N1CCN(c2ccc(-n3cccn3)nn2)CC1. The number of anilines is 1. The fraction of sp³-hybridized carbons (Fsp3) is 0.222. The van der Waals surface area contributed by atoms with Crippen LogP contribution < -0.4 is 4.90 Å². The van der Waals surface area contributed by atoms with E-state index in [0.29, 0.717) is 37.6 Å². The van der Waals surface area contributed by atoms with Gasteiger partial charge in [-0.1, -0.05) is 6.07 Å². The van der Waals surface area contributed by atoms with E-state index in [9.17, 15) is 9.18 Å². The molecule has 0 saturated carbocycles. The predicted molar refractivity (Wildman–Crippen MR) is 93.7 cm³/mol. The van der Waals surface area contributed by atoms with Crippen LogP contribution in [-0.4, -0.2) is 57.0 Å². The van der Waals surface area contributed by atoms with Crippen molar-refractivity contribution < 1.29 is 9.18 Å². The molecule has 1 aliphatic heterocycles. The van der Waals surface area contributed by atoms with Crippen LogP contribution in [0.4, 0.5) is 10.2 Å². The molecule has 3 heterocycles. The number of carbonyl (C=O) groups excluding carboxylic acids is 1. The molecule has 1 aromatic carbocycles. The number of rotatable bonds is 3. The van der Waals surface area contributed by atoms with E-state index in [1.54, 1.807) is 34.1 Å². The lowest BCUT2D eigenvalue weighted by atomic mass is 10.1. The average Bonchev–Trinajstić information content (AvgIpc) is 3.23. The topological polar surface area (TPSA) is 67.2 Å². The fourth-order valence-electron chi connectivity index (χ4n) is 2.96. The number of nitrogens with zero attached hydrogens (tertiary/aromatic N) is 6. The van der Waals surface area contributed by atoms with Crippen molar-refractivity contribution in [1.82, 2.24) is 24.9 Å². The van der Waals surface area contributed by atoms with E-state index >= 15 is 0 Å². The Balaban J connectivity index is 1.39. The Bertz CT molecular complexity index is 888. The first-order valence-electron chi connectivity index (χ1n) is 8.34. The highest BCUT2D eigenvalue weighted by Crippen LogP contribution is 2.16. The summed E-state index contributed by atoms with van der Waals surface area (Å²) in [5.74, 6) is 0.865. The zero-order valence-electron chi connectivity index (χ0n) is 14.0. The molecule has 4 rings (SSSR count). The van der Waals surface area contributed by atoms with Crippen LogP contribution in [0, 0.1) is 5.82 Å². The molecule has 1 saturated heterocycles. The van der Waals surface area contributed by atoms with Crippen LogP contribution in [0.25, 0.3) is 5.82 Å². The lowest BCUT2D eigenvalue weighted by Gasteiger charge is -2.35. The van der Waals surface area contributed by atoms with Crippen molar-refractivity contribution in [1.29, 1.82) is 0 Å². The number of hydrogen-bond donors (Lipinski definition) is 0. The minimum atomic E-state index is -0.401. The van der Waals surface area contributed by atoms with E-state index in [1.165, 1.54) is 12.1 Å². The zero-order valence-corrected chi connectivity index (χ0v) is 14.0.